The van der Waals surface area contributed by atoms with E-state index in [1.165, 1.54) is 11.1 Å². The molecule has 0 radical (unpaired) electrons. The maximum Gasteiger partial charge on any atom is 0.272 e. The van der Waals surface area contributed by atoms with Crippen LogP contribution in [-0.4, -0.2) is 59.6 Å². The van der Waals surface area contributed by atoms with Crippen molar-refractivity contribution in [3.05, 3.63) is 65.5 Å². The highest BCUT2D eigenvalue weighted by molar-refractivity contribution is 5.92. The van der Waals surface area contributed by atoms with Gasteiger partial charge in [0, 0.05) is 44.0 Å². The highest BCUT2D eigenvalue weighted by Crippen LogP contribution is 2.42. The molecular formula is C24H29N3O2. The summed E-state index contributed by atoms with van der Waals surface area (Å²) in [5.74, 6) is 0.0475. The Balaban J connectivity index is 1.39. The maximum atomic E-state index is 13.2. The van der Waals surface area contributed by atoms with Gasteiger partial charge in [0.1, 0.15) is 5.69 Å². The number of nitrogens with zero attached hydrogens (tertiary/aromatic N) is 3. The number of hydrogen-bond donors (Lipinski definition) is 0. The number of carbonyl (C=O) groups is 1. The molecule has 3 aliphatic rings. The lowest BCUT2D eigenvalue weighted by Crippen LogP contribution is -2.55. The number of fused-ring (bicyclic) bond motifs is 2. The Kier molecular flexibility index (Phi) is 5.10. The van der Waals surface area contributed by atoms with Crippen molar-refractivity contribution >= 4 is 5.91 Å². The summed E-state index contributed by atoms with van der Waals surface area (Å²) in [7, 11) is 0. The Labute approximate surface area is 172 Å². The molecule has 5 rings (SSSR count). The van der Waals surface area contributed by atoms with E-state index in [-0.39, 0.29) is 11.3 Å². The third-order valence-electron chi connectivity index (χ3n) is 7.08. The number of pyridine rings is 1. The minimum absolute atomic E-state index is 0.0475. The zero-order valence-electron chi connectivity index (χ0n) is 16.9. The molecule has 5 heteroatoms. The Morgan fingerprint density at radius 1 is 1.03 bits per heavy atom. The normalized spacial score (nSPS) is 22.4. The van der Waals surface area contributed by atoms with Gasteiger partial charge in [-0.05, 0) is 62.0 Å². The molecule has 2 fully saturated rings. The number of amides is 1. The second-order valence-corrected chi connectivity index (χ2v) is 8.69. The lowest BCUT2D eigenvalue weighted by Gasteiger charge is -2.50. The summed E-state index contributed by atoms with van der Waals surface area (Å²) >= 11 is 0. The molecule has 0 atom stereocenters. The SMILES string of the molecule is O=C(c1ccccn1)N1Cc2ccccc2C2(CCN(C3CCOCC3)CC2)C1. The molecule has 2 saturated heterocycles. The number of piperidine rings is 1. The molecule has 152 valence electrons. The summed E-state index contributed by atoms with van der Waals surface area (Å²) in [4.78, 5) is 22.2. The van der Waals surface area contributed by atoms with Gasteiger partial charge in [0.2, 0.25) is 0 Å². The lowest BCUT2D eigenvalue weighted by atomic mass is 9.68. The first kappa shape index (κ1) is 18.8. The second kappa shape index (κ2) is 7.88. The minimum atomic E-state index is 0.0475. The van der Waals surface area contributed by atoms with E-state index in [0.29, 0.717) is 18.3 Å². The zero-order chi connectivity index (χ0) is 19.7. The van der Waals surface area contributed by atoms with E-state index in [0.717, 1.165) is 58.5 Å². The highest BCUT2D eigenvalue weighted by Gasteiger charge is 2.44. The van der Waals surface area contributed by atoms with Crippen LogP contribution in [-0.2, 0) is 16.7 Å². The molecule has 3 aliphatic heterocycles. The summed E-state index contributed by atoms with van der Waals surface area (Å²) in [6.07, 6.45) is 6.20. The summed E-state index contributed by atoms with van der Waals surface area (Å²) in [5, 5.41) is 0. The number of likely N-dealkylation sites (tertiary alicyclic amines) is 1. The molecule has 1 amide bonds. The van der Waals surface area contributed by atoms with E-state index in [4.69, 9.17) is 4.74 Å². The first-order chi connectivity index (χ1) is 14.3. The van der Waals surface area contributed by atoms with E-state index < -0.39 is 0 Å². The lowest BCUT2D eigenvalue weighted by molar-refractivity contribution is 0.0101. The van der Waals surface area contributed by atoms with Crippen molar-refractivity contribution < 1.29 is 9.53 Å². The molecule has 4 heterocycles. The number of hydrogen-bond acceptors (Lipinski definition) is 4. The number of aromatic nitrogens is 1. The molecule has 0 aliphatic carbocycles. The zero-order valence-corrected chi connectivity index (χ0v) is 16.9. The number of carbonyl (C=O) groups excluding carboxylic acids is 1. The van der Waals surface area contributed by atoms with Crippen molar-refractivity contribution in [2.24, 2.45) is 0 Å². The molecule has 1 aromatic carbocycles. The molecule has 5 nitrogen and oxygen atoms in total. The Bertz CT molecular complexity index is 855. The molecular weight excluding hydrogens is 362 g/mol. The Morgan fingerprint density at radius 3 is 2.55 bits per heavy atom. The average molecular weight is 392 g/mol. The van der Waals surface area contributed by atoms with Crippen LogP contribution in [0.2, 0.25) is 0 Å². The number of benzene rings is 1. The van der Waals surface area contributed by atoms with Gasteiger partial charge in [-0.15, -0.1) is 0 Å². The van der Waals surface area contributed by atoms with E-state index >= 15 is 0 Å². The number of ether oxygens (including phenoxy) is 1. The maximum absolute atomic E-state index is 13.2. The standard InChI is InChI=1S/C24H29N3O2/c28-23(22-7-3-4-12-25-22)27-17-19-5-1-2-6-21(19)24(18-27)10-13-26(14-11-24)20-8-15-29-16-9-20/h1-7,12,20H,8-11,13-18H2. The molecule has 0 saturated carbocycles. The van der Waals surface area contributed by atoms with Crippen molar-refractivity contribution in [2.75, 3.05) is 32.8 Å². The van der Waals surface area contributed by atoms with E-state index in [2.05, 4.69) is 34.1 Å². The van der Waals surface area contributed by atoms with Crippen molar-refractivity contribution in [1.29, 1.82) is 0 Å². The monoisotopic (exact) mass is 391 g/mol. The predicted octanol–water partition coefficient (Wildman–Crippen LogP) is 3.25. The Morgan fingerprint density at radius 2 is 1.79 bits per heavy atom. The van der Waals surface area contributed by atoms with Gasteiger partial charge in [-0.3, -0.25) is 9.78 Å². The van der Waals surface area contributed by atoms with E-state index in [9.17, 15) is 4.79 Å². The fourth-order valence-electron chi connectivity index (χ4n) is 5.48. The van der Waals surface area contributed by atoms with Crippen LogP contribution in [0, 0.1) is 0 Å². The fraction of sp³-hybridized carbons (Fsp3) is 0.500. The van der Waals surface area contributed by atoms with Gasteiger partial charge < -0.3 is 14.5 Å². The first-order valence-corrected chi connectivity index (χ1v) is 10.9. The van der Waals surface area contributed by atoms with Crippen LogP contribution in [0.15, 0.2) is 48.7 Å². The summed E-state index contributed by atoms with van der Waals surface area (Å²) in [5.41, 5.74) is 3.35. The fourth-order valence-corrected chi connectivity index (χ4v) is 5.48. The van der Waals surface area contributed by atoms with Gasteiger partial charge in [0.05, 0.1) is 0 Å². The quantitative estimate of drug-likeness (QED) is 0.788. The largest absolute Gasteiger partial charge is 0.381 e. The van der Waals surface area contributed by atoms with Crippen LogP contribution >= 0.6 is 0 Å². The molecule has 0 bridgehead atoms. The molecule has 2 aromatic rings. The van der Waals surface area contributed by atoms with Crippen LogP contribution in [0.3, 0.4) is 0 Å². The third-order valence-corrected chi connectivity index (χ3v) is 7.08. The molecule has 29 heavy (non-hydrogen) atoms. The van der Waals surface area contributed by atoms with Gasteiger partial charge in [-0.1, -0.05) is 30.3 Å². The van der Waals surface area contributed by atoms with Gasteiger partial charge in [0.15, 0.2) is 0 Å². The summed E-state index contributed by atoms with van der Waals surface area (Å²) < 4.78 is 5.55. The van der Waals surface area contributed by atoms with E-state index in [1.54, 1.807) is 6.20 Å². The third kappa shape index (κ3) is 3.58. The topological polar surface area (TPSA) is 45.7 Å². The van der Waals surface area contributed by atoms with Crippen molar-refractivity contribution in [3.8, 4) is 0 Å². The van der Waals surface area contributed by atoms with Crippen molar-refractivity contribution in [1.82, 2.24) is 14.8 Å². The predicted molar refractivity (Wildman–Crippen MR) is 112 cm³/mol. The molecule has 0 unspecified atom stereocenters. The van der Waals surface area contributed by atoms with Crippen LogP contribution in [0.1, 0.15) is 47.3 Å². The van der Waals surface area contributed by atoms with Gasteiger partial charge in [-0.25, -0.2) is 0 Å². The van der Waals surface area contributed by atoms with Gasteiger partial charge >= 0.3 is 0 Å². The molecule has 1 spiro atoms. The van der Waals surface area contributed by atoms with Crippen LogP contribution in [0.4, 0.5) is 0 Å². The summed E-state index contributed by atoms with van der Waals surface area (Å²) in [6, 6.07) is 15.0. The smallest absolute Gasteiger partial charge is 0.272 e. The second-order valence-electron chi connectivity index (χ2n) is 8.69. The molecule has 1 aromatic heterocycles. The van der Waals surface area contributed by atoms with Crippen molar-refractivity contribution in [2.45, 2.75) is 43.7 Å². The van der Waals surface area contributed by atoms with Gasteiger partial charge in [-0.2, -0.15) is 0 Å². The number of rotatable bonds is 2. The highest BCUT2D eigenvalue weighted by atomic mass is 16.5. The average Bonchev–Trinajstić information content (AvgIpc) is 2.80. The summed E-state index contributed by atoms with van der Waals surface area (Å²) in [6.45, 7) is 5.45. The van der Waals surface area contributed by atoms with Gasteiger partial charge in [0.25, 0.3) is 5.91 Å². The van der Waals surface area contributed by atoms with E-state index in [1.807, 2.05) is 23.1 Å². The van der Waals surface area contributed by atoms with Crippen LogP contribution < -0.4 is 0 Å². The van der Waals surface area contributed by atoms with Crippen molar-refractivity contribution in [3.63, 3.8) is 0 Å². The minimum Gasteiger partial charge on any atom is -0.381 e. The van der Waals surface area contributed by atoms with Crippen LogP contribution in [0.25, 0.3) is 0 Å². The Hall–Kier alpha value is -2.24. The van der Waals surface area contributed by atoms with Crippen LogP contribution in [0.5, 0.6) is 0 Å². The first-order valence-electron chi connectivity index (χ1n) is 10.9. The molecule has 0 N–H and O–H groups in total.